The van der Waals surface area contributed by atoms with E-state index in [0.717, 1.165) is 12.1 Å². The van der Waals surface area contributed by atoms with Crippen molar-refractivity contribution in [2.45, 2.75) is 19.5 Å². The first-order chi connectivity index (χ1) is 8.69. The Morgan fingerprint density at radius 3 is 2.61 bits per heavy atom. The van der Waals surface area contributed by atoms with Crippen LogP contribution in [0.15, 0.2) is 24.3 Å². The summed E-state index contributed by atoms with van der Waals surface area (Å²) in [5, 5.41) is 3.10. The largest absolute Gasteiger partial charge is 0.496 e. The number of benzene rings is 1. The third-order valence-corrected chi connectivity index (χ3v) is 2.49. The standard InChI is InChI=1S/C13H19F2NO2/c1-3-16-8-12(18-9-13(14)15)10-6-4-5-7-11(10)17-2/h4-7,12-13,16H,3,8-9H2,1-2H3. The van der Waals surface area contributed by atoms with Gasteiger partial charge in [0, 0.05) is 12.1 Å². The Hall–Kier alpha value is -1.20. The normalized spacial score (nSPS) is 12.7. The predicted octanol–water partition coefficient (Wildman–Crippen LogP) is 2.63. The number of halogens is 2. The molecule has 1 N–H and O–H groups in total. The number of alkyl halides is 2. The molecule has 1 aromatic rings. The molecular formula is C13H19F2NO2. The first-order valence-corrected chi connectivity index (χ1v) is 5.92. The number of ether oxygens (including phenoxy) is 2. The summed E-state index contributed by atoms with van der Waals surface area (Å²) in [6, 6.07) is 7.29. The topological polar surface area (TPSA) is 30.5 Å². The van der Waals surface area contributed by atoms with E-state index >= 15 is 0 Å². The fraction of sp³-hybridized carbons (Fsp3) is 0.538. The number of nitrogens with one attached hydrogen (secondary N) is 1. The van der Waals surface area contributed by atoms with Gasteiger partial charge in [0.15, 0.2) is 0 Å². The molecule has 102 valence electrons. The molecule has 0 saturated heterocycles. The fourth-order valence-electron chi connectivity index (χ4n) is 1.66. The second-order valence-electron chi connectivity index (χ2n) is 3.76. The highest BCUT2D eigenvalue weighted by Gasteiger charge is 2.17. The zero-order chi connectivity index (χ0) is 13.4. The molecule has 0 spiro atoms. The molecule has 1 unspecified atom stereocenters. The van der Waals surface area contributed by atoms with Gasteiger partial charge in [0.2, 0.25) is 0 Å². The van der Waals surface area contributed by atoms with Crippen LogP contribution in [-0.2, 0) is 4.74 Å². The van der Waals surface area contributed by atoms with E-state index in [1.165, 1.54) is 0 Å². The first kappa shape index (κ1) is 14.9. The molecule has 0 amide bonds. The van der Waals surface area contributed by atoms with Gasteiger partial charge in [-0.1, -0.05) is 25.1 Å². The van der Waals surface area contributed by atoms with E-state index in [0.29, 0.717) is 12.3 Å². The van der Waals surface area contributed by atoms with Crippen LogP contribution in [0.5, 0.6) is 5.75 Å². The fourth-order valence-corrected chi connectivity index (χ4v) is 1.66. The molecule has 5 heteroatoms. The summed E-state index contributed by atoms with van der Waals surface area (Å²) in [6.45, 7) is 2.60. The molecule has 0 saturated carbocycles. The van der Waals surface area contributed by atoms with Gasteiger partial charge >= 0.3 is 0 Å². The summed E-state index contributed by atoms with van der Waals surface area (Å²) >= 11 is 0. The molecular weight excluding hydrogens is 240 g/mol. The summed E-state index contributed by atoms with van der Waals surface area (Å²) in [6.07, 6.45) is -2.90. The van der Waals surface area contributed by atoms with Gasteiger partial charge in [0.1, 0.15) is 12.4 Å². The van der Waals surface area contributed by atoms with Crippen LogP contribution in [0.25, 0.3) is 0 Å². The zero-order valence-electron chi connectivity index (χ0n) is 10.7. The van der Waals surface area contributed by atoms with Gasteiger partial charge in [-0.25, -0.2) is 8.78 Å². The lowest BCUT2D eigenvalue weighted by molar-refractivity contribution is -0.0251. The van der Waals surface area contributed by atoms with Crippen molar-refractivity contribution in [3.05, 3.63) is 29.8 Å². The van der Waals surface area contributed by atoms with Gasteiger partial charge in [-0.2, -0.15) is 0 Å². The minimum absolute atomic E-state index is 0.435. The van der Waals surface area contributed by atoms with E-state index in [1.807, 2.05) is 25.1 Å². The highest BCUT2D eigenvalue weighted by molar-refractivity contribution is 5.35. The maximum absolute atomic E-state index is 12.2. The molecule has 18 heavy (non-hydrogen) atoms. The molecule has 0 aromatic heterocycles. The molecule has 0 bridgehead atoms. The second kappa shape index (κ2) is 8.00. The molecule has 0 aliphatic heterocycles. The van der Waals surface area contributed by atoms with Crippen LogP contribution in [0.3, 0.4) is 0 Å². The predicted molar refractivity (Wildman–Crippen MR) is 66.2 cm³/mol. The quantitative estimate of drug-likeness (QED) is 0.778. The maximum Gasteiger partial charge on any atom is 0.261 e. The van der Waals surface area contributed by atoms with E-state index < -0.39 is 19.1 Å². The SMILES string of the molecule is CCNCC(OCC(F)F)c1ccccc1OC. The molecule has 0 aliphatic carbocycles. The lowest BCUT2D eigenvalue weighted by Crippen LogP contribution is -2.25. The van der Waals surface area contributed by atoms with Gasteiger partial charge in [0.05, 0.1) is 13.2 Å². The first-order valence-electron chi connectivity index (χ1n) is 5.92. The lowest BCUT2D eigenvalue weighted by atomic mass is 10.1. The van der Waals surface area contributed by atoms with Crippen LogP contribution in [-0.4, -0.2) is 33.2 Å². The molecule has 1 rings (SSSR count). The van der Waals surface area contributed by atoms with Crippen LogP contribution >= 0.6 is 0 Å². The van der Waals surface area contributed by atoms with Gasteiger partial charge in [-0.3, -0.25) is 0 Å². The highest BCUT2D eigenvalue weighted by atomic mass is 19.3. The van der Waals surface area contributed by atoms with Crippen LogP contribution in [0.4, 0.5) is 8.78 Å². The molecule has 1 atom stereocenters. The molecule has 0 aliphatic rings. The van der Waals surface area contributed by atoms with Crippen molar-refractivity contribution >= 4 is 0 Å². The van der Waals surface area contributed by atoms with E-state index in [-0.39, 0.29) is 0 Å². The third kappa shape index (κ3) is 4.58. The Labute approximate surface area is 106 Å². The van der Waals surface area contributed by atoms with Crippen molar-refractivity contribution in [1.29, 1.82) is 0 Å². The van der Waals surface area contributed by atoms with Crippen LogP contribution in [0.1, 0.15) is 18.6 Å². The number of likely N-dealkylation sites (N-methyl/N-ethyl adjacent to an activating group) is 1. The lowest BCUT2D eigenvalue weighted by Gasteiger charge is -2.20. The van der Waals surface area contributed by atoms with Crippen molar-refractivity contribution < 1.29 is 18.3 Å². The van der Waals surface area contributed by atoms with Gasteiger partial charge in [-0.15, -0.1) is 0 Å². The minimum Gasteiger partial charge on any atom is -0.496 e. The molecule has 1 aromatic carbocycles. The Morgan fingerprint density at radius 1 is 1.28 bits per heavy atom. The number of rotatable bonds is 8. The summed E-state index contributed by atoms with van der Waals surface area (Å²) in [5.41, 5.74) is 0.779. The van der Waals surface area contributed by atoms with Gasteiger partial charge in [0.25, 0.3) is 6.43 Å². The number of para-hydroxylation sites is 1. The average Bonchev–Trinajstić information content (AvgIpc) is 2.38. The van der Waals surface area contributed by atoms with Crippen molar-refractivity contribution in [1.82, 2.24) is 5.32 Å². The van der Waals surface area contributed by atoms with E-state index in [4.69, 9.17) is 9.47 Å². The second-order valence-corrected chi connectivity index (χ2v) is 3.76. The van der Waals surface area contributed by atoms with Gasteiger partial charge in [-0.05, 0) is 12.6 Å². The number of hydrogen-bond acceptors (Lipinski definition) is 3. The van der Waals surface area contributed by atoms with Crippen molar-refractivity contribution in [3.8, 4) is 5.75 Å². The Kier molecular flexibility index (Phi) is 6.60. The van der Waals surface area contributed by atoms with Crippen molar-refractivity contribution in [2.24, 2.45) is 0 Å². The Balaban J connectivity index is 2.79. The van der Waals surface area contributed by atoms with Crippen LogP contribution in [0.2, 0.25) is 0 Å². The van der Waals surface area contributed by atoms with Crippen LogP contribution in [0, 0.1) is 0 Å². The highest BCUT2D eigenvalue weighted by Crippen LogP contribution is 2.27. The van der Waals surface area contributed by atoms with Gasteiger partial charge < -0.3 is 14.8 Å². The maximum atomic E-state index is 12.2. The summed E-state index contributed by atoms with van der Waals surface area (Å²) in [7, 11) is 1.55. The monoisotopic (exact) mass is 259 g/mol. The molecule has 0 radical (unpaired) electrons. The Morgan fingerprint density at radius 2 is 2.00 bits per heavy atom. The Bertz CT molecular complexity index is 348. The number of hydrogen-bond donors (Lipinski definition) is 1. The summed E-state index contributed by atoms with van der Waals surface area (Å²) < 4.78 is 34.9. The molecule has 0 heterocycles. The summed E-state index contributed by atoms with van der Waals surface area (Å²) in [5.74, 6) is 0.648. The minimum atomic E-state index is -2.47. The van der Waals surface area contributed by atoms with Crippen LogP contribution < -0.4 is 10.1 Å². The molecule has 3 nitrogen and oxygen atoms in total. The smallest absolute Gasteiger partial charge is 0.261 e. The van der Waals surface area contributed by atoms with Crippen molar-refractivity contribution in [3.63, 3.8) is 0 Å². The van der Waals surface area contributed by atoms with Crippen molar-refractivity contribution in [2.75, 3.05) is 26.8 Å². The van der Waals surface area contributed by atoms with E-state index in [9.17, 15) is 8.78 Å². The average molecular weight is 259 g/mol. The summed E-state index contributed by atoms with van der Waals surface area (Å²) in [4.78, 5) is 0. The van der Waals surface area contributed by atoms with E-state index in [1.54, 1.807) is 13.2 Å². The van der Waals surface area contributed by atoms with E-state index in [2.05, 4.69) is 5.32 Å². The molecule has 0 fully saturated rings. The zero-order valence-corrected chi connectivity index (χ0v) is 10.7. The number of methoxy groups -OCH3 is 1. The third-order valence-electron chi connectivity index (χ3n) is 2.49.